The van der Waals surface area contributed by atoms with Gasteiger partial charge in [-0.2, -0.15) is 0 Å². The van der Waals surface area contributed by atoms with Crippen LogP contribution in [0.5, 0.6) is 0 Å². The van der Waals surface area contributed by atoms with Gasteiger partial charge in [0.05, 0.1) is 12.2 Å². The smallest absolute Gasteiger partial charge is 0.337 e. The number of fused-ring (bicyclic) bond motifs is 1. The number of hydrogen-bond acceptors (Lipinski definition) is 3. The van der Waals surface area contributed by atoms with Gasteiger partial charge in [0.1, 0.15) is 0 Å². The van der Waals surface area contributed by atoms with E-state index in [1.165, 1.54) is 32.1 Å². The Hall–Kier alpha value is 0.0969. The zero-order valence-corrected chi connectivity index (χ0v) is 12.4. The first-order valence-electron chi connectivity index (χ1n) is 7.00. The molecule has 100 valence electrons. The summed E-state index contributed by atoms with van der Waals surface area (Å²) in [6.45, 7) is 2.18. The van der Waals surface area contributed by atoms with E-state index in [1.54, 1.807) is 14.2 Å². The zero-order chi connectivity index (χ0) is 12.3. The van der Waals surface area contributed by atoms with E-state index in [9.17, 15) is 0 Å². The largest absolute Gasteiger partial charge is 0.398 e. The minimum atomic E-state index is -1.85. The third-order valence-corrected chi connectivity index (χ3v) is 8.25. The maximum absolute atomic E-state index is 5.70. The molecular weight excluding hydrogens is 232 g/mol. The molecule has 2 fully saturated rings. The Balaban J connectivity index is 1.71. The summed E-state index contributed by atoms with van der Waals surface area (Å²) in [5.41, 5.74) is 0. The number of epoxide rings is 1. The molecule has 2 rings (SSSR count). The normalized spacial score (nSPS) is 32.3. The van der Waals surface area contributed by atoms with E-state index in [-0.39, 0.29) is 0 Å². The van der Waals surface area contributed by atoms with Gasteiger partial charge < -0.3 is 13.6 Å². The summed E-state index contributed by atoms with van der Waals surface area (Å²) in [4.78, 5) is 0. The van der Waals surface area contributed by atoms with Crippen molar-refractivity contribution >= 4 is 8.56 Å². The zero-order valence-electron chi connectivity index (χ0n) is 11.4. The lowest BCUT2D eigenvalue weighted by Gasteiger charge is -2.27. The van der Waals surface area contributed by atoms with Crippen LogP contribution in [0.1, 0.15) is 39.0 Å². The van der Waals surface area contributed by atoms with Gasteiger partial charge in [-0.15, -0.1) is 0 Å². The van der Waals surface area contributed by atoms with Crippen molar-refractivity contribution in [3.8, 4) is 0 Å². The van der Waals surface area contributed by atoms with Crippen LogP contribution in [0.15, 0.2) is 0 Å². The lowest BCUT2D eigenvalue weighted by molar-refractivity contribution is 0.238. The highest BCUT2D eigenvalue weighted by Gasteiger charge is 2.46. The molecule has 0 amide bonds. The standard InChI is InChI=1S/C13H26O3Si/c1-4-17(14-2,15-3)10-6-8-11-7-5-9-12-13(11)16-12/h11-13H,4-10H2,1-3H3. The Bertz CT molecular complexity index is 235. The minimum Gasteiger partial charge on any atom is -0.398 e. The van der Waals surface area contributed by atoms with Crippen LogP contribution in [-0.2, 0) is 13.6 Å². The number of ether oxygens (including phenoxy) is 1. The molecule has 1 aliphatic heterocycles. The molecule has 3 unspecified atom stereocenters. The summed E-state index contributed by atoms with van der Waals surface area (Å²) in [5.74, 6) is 0.811. The van der Waals surface area contributed by atoms with Crippen LogP contribution < -0.4 is 0 Å². The van der Waals surface area contributed by atoms with E-state index in [1.807, 2.05) is 0 Å². The van der Waals surface area contributed by atoms with Gasteiger partial charge in [0.2, 0.25) is 0 Å². The lowest BCUT2D eigenvalue weighted by Crippen LogP contribution is -2.39. The lowest BCUT2D eigenvalue weighted by atomic mass is 9.86. The number of hydrogen-bond donors (Lipinski definition) is 0. The Kier molecular flexibility index (Phi) is 4.63. The van der Waals surface area contributed by atoms with E-state index >= 15 is 0 Å². The monoisotopic (exact) mass is 258 g/mol. The van der Waals surface area contributed by atoms with Gasteiger partial charge >= 0.3 is 8.56 Å². The van der Waals surface area contributed by atoms with E-state index in [0.29, 0.717) is 12.2 Å². The average Bonchev–Trinajstić information content (AvgIpc) is 3.15. The van der Waals surface area contributed by atoms with Crippen LogP contribution in [0, 0.1) is 5.92 Å². The topological polar surface area (TPSA) is 31.0 Å². The molecule has 1 heterocycles. The van der Waals surface area contributed by atoms with Gasteiger partial charge in [-0.05, 0) is 37.3 Å². The summed E-state index contributed by atoms with van der Waals surface area (Å²) in [6, 6.07) is 2.18. The summed E-state index contributed by atoms with van der Waals surface area (Å²) in [5, 5.41) is 0. The molecule has 0 spiro atoms. The van der Waals surface area contributed by atoms with Gasteiger partial charge in [0.15, 0.2) is 0 Å². The number of rotatable bonds is 7. The molecule has 0 aromatic carbocycles. The fourth-order valence-electron chi connectivity index (χ4n) is 3.24. The maximum Gasteiger partial charge on any atom is 0.337 e. The Labute approximate surface area is 106 Å². The van der Waals surface area contributed by atoms with Gasteiger partial charge in [0.25, 0.3) is 0 Å². The van der Waals surface area contributed by atoms with Crippen LogP contribution in [0.3, 0.4) is 0 Å². The minimum absolute atomic E-state index is 0.603. The predicted octanol–water partition coefficient (Wildman–Crippen LogP) is 3.09. The van der Waals surface area contributed by atoms with E-state index in [4.69, 9.17) is 13.6 Å². The molecule has 3 atom stereocenters. The summed E-state index contributed by atoms with van der Waals surface area (Å²) < 4.78 is 17.0. The second-order valence-electron chi connectivity index (χ2n) is 5.39. The SMILES string of the molecule is CC[Si](CCCC1CCCC2OC12)(OC)OC. The van der Waals surface area contributed by atoms with Crippen molar-refractivity contribution in [3.63, 3.8) is 0 Å². The summed E-state index contributed by atoms with van der Waals surface area (Å²) in [6.07, 6.45) is 7.77. The molecular formula is C13H26O3Si. The average molecular weight is 258 g/mol. The molecule has 3 nitrogen and oxygen atoms in total. The summed E-state index contributed by atoms with van der Waals surface area (Å²) in [7, 11) is 1.76. The van der Waals surface area contributed by atoms with Crippen LogP contribution in [0.2, 0.25) is 12.1 Å². The van der Waals surface area contributed by atoms with Crippen molar-refractivity contribution in [1.82, 2.24) is 0 Å². The molecule has 0 N–H and O–H groups in total. The molecule has 17 heavy (non-hydrogen) atoms. The van der Waals surface area contributed by atoms with Crippen molar-refractivity contribution in [2.45, 2.75) is 63.3 Å². The van der Waals surface area contributed by atoms with Gasteiger partial charge in [-0.1, -0.05) is 19.8 Å². The fraction of sp³-hybridized carbons (Fsp3) is 1.00. The highest BCUT2D eigenvalue weighted by Crippen LogP contribution is 2.43. The molecule has 1 aliphatic carbocycles. The van der Waals surface area contributed by atoms with Crippen molar-refractivity contribution in [3.05, 3.63) is 0 Å². The van der Waals surface area contributed by atoms with Gasteiger partial charge in [-0.3, -0.25) is 0 Å². The fourth-order valence-corrected chi connectivity index (χ4v) is 5.49. The van der Waals surface area contributed by atoms with Crippen LogP contribution >= 0.6 is 0 Å². The van der Waals surface area contributed by atoms with E-state index in [2.05, 4.69) is 6.92 Å². The van der Waals surface area contributed by atoms with Gasteiger partial charge in [0, 0.05) is 14.2 Å². The second-order valence-corrected chi connectivity index (χ2v) is 9.24. The molecule has 0 radical (unpaired) electrons. The second kappa shape index (κ2) is 5.82. The van der Waals surface area contributed by atoms with Crippen molar-refractivity contribution in [1.29, 1.82) is 0 Å². The maximum atomic E-state index is 5.70. The molecule has 1 saturated carbocycles. The van der Waals surface area contributed by atoms with E-state index in [0.717, 1.165) is 18.0 Å². The Morgan fingerprint density at radius 2 is 2.00 bits per heavy atom. The Morgan fingerprint density at radius 1 is 1.24 bits per heavy atom. The van der Waals surface area contributed by atoms with Crippen LogP contribution in [0.4, 0.5) is 0 Å². The first-order valence-corrected chi connectivity index (χ1v) is 9.23. The first kappa shape index (κ1) is 13.5. The molecule has 0 aromatic rings. The van der Waals surface area contributed by atoms with Crippen LogP contribution in [0.25, 0.3) is 0 Å². The predicted molar refractivity (Wildman–Crippen MR) is 70.3 cm³/mol. The third kappa shape index (κ3) is 3.11. The van der Waals surface area contributed by atoms with Crippen molar-refractivity contribution in [2.24, 2.45) is 5.92 Å². The highest BCUT2D eigenvalue weighted by molar-refractivity contribution is 6.67. The quantitative estimate of drug-likeness (QED) is 0.519. The summed E-state index contributed by atoms with van der Waals surface area (Å²) >= 11 is 0. The molecule has 0 aromatic heterocycles. The Morgan fingerprint density at radius 3 is 2.65 bits per heavy atom. The molecule has 4 heteroatoms. The molecule has 0 bridgehead atoms. The van der Waals surface area contributed by atoms with E-state index < -0.39 is 8.56 Å². The highest BCUT2D eigenvalue weighted by atomic mass is 28.4. The van der Waals surface area contributed by atoms with Gasteiger partial charge in [-0.25, -0.2) is 0 Å². The first-order chi connectivity index (χ1) is 8.24. The van der Waals surface area contributed by atoms with Crippen LogP contribution in [-0.4, -0.2) is 35.0 Å². The molecule has 2 aliphatic rings. The molecule has 1 saturated heterocycles. The third-order valence-electron chi connectivity index (χ3n) is 4.57. The van der Waals surface area contributed by atoms with Crippen molar-refractivity contribution in [2.75, 3.05) is 14.2 Å². The van der Waals surface area contributed by atoms with Crippen molar-refractivity contribution < 1.29 is 13.6 Å².